The van der Waals surface area contributed by atoms with Gasteiger partial charge in [-0.15, -0.1) is 0 Å². The Kier molecular flexibility index (Phi) is 7.67. The fourth-order valence-corrected chi connectivity index (χ4v) is 4.13. The Balaban J connectivity index is 1.49. The van der Waals surface area contributed by atoms with Gasteiger partial charge in [-0.05, 0) is 29.7 Å². The van der Waals surface area contributed by atoms with E-state index in [2.05, 4.69) is 51.1 Å². The van der Waals surface area contributed by atoms with E-state index in [1.807, 2.05) is 30.3 Å². The zero-order valence-corrected chi connectivity index (χ0v) is 21.3. The highest BCUT2D eigenvalue weighted by Crippen LogP contribution is 2.21. The molecule has 0 unspecified atom stereocenters. The predicted molar refractivity (Wildman–Crippen MR) is 137 cm³/mol. The van der Waals surface area contributed by atoms with Gasteiger partial charge >= 0.3 is 0 Å². The summed E-state index contributed by atoms with van der Waals surface area (Å²) in [5, 5.41) is 15.3. The number of hydrazine groups is 1. The molecule has 1 aromatic carbocycles. The van der Waals surface area contributed by atoms with Crippen molar-refractivity contribution >= 4 is 23.2 Å². The highest BCUT2D eigenvalue weighted by Gasteiger charge is 2.24. The average molecular weight is 492 g/mol. The van der Waals surface area contributed by atoms with E-state index in [0.717, 1.165) is 45.0 Å². The summed E-state index contributed by atoms with van der Waals surface area (Å²) in [6.07, 6.45) is 1.59. The third-order valence-electron chi connectivity index (χ3n) is 5.93. The zero-order valence-electron chi connectivity index (χ0n) is 21.3. The number of nitrogens with zero attached hydrogens (tertiary/aromatic N) is 8. The molecule has 1 saturated heterocycles. The summed E-state index contributed by atoms with van der Waals surface area (Å²) in [7, 11) is 1.73. The van der Waals surface area contributed by atoms with Gasteiger partial charge in [0.1, 0.15) is 6.07 Å². The van der Waals surface area contributed by atoms with Crippen LogP contribution in [0.1, 0.15) is 37.0 Å². The van der Waals surface area contributed by atoms with E-state index in [1.165, 1.54) is 4.52 Å². The van der Waals surface area contributed by atoms with E-state index in [0.29, 0.717) is 23.7 Å². The molecule has 36 heavy (non-hydrogen) atoms. The van der Waals surface area contributed by atoms with Gasteiger partial charge in [0.15, 0.2) is 5.65 Å². The number of benzene rings is 1. The number of hydrogen-bond acceptors (Lipinski definition) is 9. The number of aromatic nitrogens is 4. The van der Waals surface area contributed by atoms with E-state index < -0.39 is 0 Å². The quantitative estimate of drug-likeness (QED) is 0.472. The summed E-state index contributed by atoms with van der Waals surface area (Å²) < 4.78 is 6.70. The van der Waals surface area contributed by atoms with Gasteiger partial charge in [-0.2, -0.15) is 24.8 Å². The molecular formula is C25H33N9O2. The van der Waals surface area contributed by atoms with Crippen molar-refractivity contribution in [2.75, 3.05) is 62.9 Å². The average Bonchev–Trinajstić information content (AvgIpc) is 3.35. The third-order valence-corrected chi connectivity index (χ3v) is 5.93. The molecule has 1 aliphatic rings. The van der Waals surface area contributed by atoms with Gasteiger partial charge in [0.25, 0.3) is 5.91 Å². The number of ether oxygens (including phenoxy) is 1. The summed E-state index contributed by atoms with van der Waals surface area (Å²) in [6.45, 7) is 12.1. The number of carbonyl (C=O) groups is 1. The van der Waals surface area contributed by atoms with Crippen LogP contribution in [0.15, 0.2) is 36.5 Å². The van der Waals surface area contributed by atoms with E-state index >= 15 is 0 Å². The largest absolute Gasteiger partial charge is 0.383 e. The van der Waals surface area contributed by atoms with Gasteiger partial charge in [-0.3, -0.25) is 20.1 Å². The van der Waals surface area contributed by atoms with Crippen molar-refractivity contribution in [3.63, 3.8) is 0 Å². The Morgan fingerprint density at radius 1 is 1.14 bits per heavy atom. The molecule has 0 spiro atoms. The molecule has 11 nitrogen and oxygen atoms in total. The first-order valence-corrected chi connectivity index (χ1v) is 12.0. The van der Waals surface area contributed by atoms with E-state index in [4.69, 9.17) is 4.74 Å². The fraction of sp³-hybridized carbons (Fsp3) is 0.480. The first kappa shape index (κ1) is 25.3. The number of amides is 1. The van der Waals surface area contributed by atoms with Gasteiger partial charge in [-0.1, -0.05) is 20.8 Å². The number of methoxy groups -OCH3 is 1. The van der Waals surface area contributed by atoms with E-state index in [9.17, 15) is 10.1 Å². The van der Waals surface area contributed by atoms with Crippen LogP contribution in [0.5, 0.6) is 0 Å². The van der Waals surface area contributed by atoms with Crippen molar-refractivity contribution in [2.24, 2.45) is 5.41 Å². The number of rotatable bonds is 8. The first-order valence-electron chi connectivity index (χ1n) is 12.0. The van der Waals surface area contributed by atoms with Crippen LogP contribution in [0.4, 0.5) is 11.6 Å². The van der Waals surface area contributed by atoms with Gasteiger partial charge < -0.3 is 9.64 Å². The lowest BCUT2D eigenvalue weighted by molar-refractivity contribution is 0.0944. The molecule has 11 heteroatoms. The van der Waals surface area contributed by atoms with E-state index in [-0.39, 0.29) is 17.1 Å². The molecule has 1 aliphatic heterocycles. The minimum Gasteiger partial charge on any atom is -0.383 e. The monoisotopic (exact) mass is 491 g/mol. The third kappa shape index (κ3) is 6.08. The maximum atomic E-state index is 13.3. The summed E-state index contributed by atoms with van der Waals surface area (Å²) in [5.41, 5.74) is 4.89. The number of carbonyl (C=O) groups excluding carboxylic acids is 1. The standard InChI is InChI=1S/C25H33N9O2/c1-25(2,3)18-33(24-29-21(17-26)28-22-9-10-27-34(22)24)30-23(35)19-5-7-20(8-6-19)32-13-11-31(12-14-32)15-16-36-4/h5-10H,11-16,18H2,1-4H3,(H,30,35). The van der Waals surface area contributed by atoms with Crippen LogP contribution in [0.25, 0.3) is 5.65 Å². The van der Waals surface area contributed by atoms with E-state index in [1.54, 1.807) is 24.4 Å². The minimum atomic E-state index is -0.271. The molecule has 3 heterocycles. The van der Waals surface area contributed by atoms with Crippen molar-refractivity contribution < 1.29 is 9.53 Å². The normalized spacial score (nSPS) is 14.6. The number of nitriles is 1. The van der Waals surface area contributed by atoms with Crippen molar-refractivity contribution in [3.8, 4) is 6.07 Å². The Hall–Kier alpha value is -3.75. The molecule has 0 saturated carbocycles. The van der Waals surface area contributed by atoms with Gasteiger partial charge in [0.2, 0.25) is 11.8 Å². The van der Waals surface area contributed by atoms with Crippen molar-refractivity contribution in [3.05, 3.63) is 47.9 Å². The summed E-state index contributed by atoms with van der Waals surface area (Å²) >= 11 is 0. The molecule has 3 aromatic rings. The molecule has 4 rings (SSSR count). The van der Waals surface area contributed by atoms with Crippen LogP contribution in [-0.4, -0.2) is 83.4 Å². The lowest BCUT2D eigenvalue weighted by atomic mass is 9.97. The molecular weight excluding hydrogens is 458 g/mol. The highest BCUT2D eigenvalue weighted by atomic mass is 16.5. The van der Waals surface area contributed by atoms with Crippen LogP contribution in [0.2, 0.25) is 0 Å². The van der Waals surface area contributed by atoms with Gasteiger partial charge in [-0.25, -0.2) is 0 Å². The molecule has 1 N–H and O–H groups in total. The number of piperazine rings is 1. The Bertz CT molecular complexity index is 1220. The number of anilines is 2. The van der Waals surface area contributed by atoms with Crippen LogP contribution >= 0.6 is 0 Å². The van der Waals surface area contributed by atoms with Crippen molar-refractivity contribution in [2.45, 2.75) is 20.8 Å². The van der Waals surface area contributed by atoms with Crippen LogP contribution in [0, 0.1) is 16.7 Å². The Morgan fingerprint density at radius 2 is 1.86 bits per heavy atom. The molecule has 2 aromatic heterocycles. The topological polar surface area (TPSA) is 115 Å². The fourth-order valence-electron chi connectivity index (χ4n) is 4.13. The maximum Gasteiger partial charge on any atom is 0.269 e. The van der Waals surface area contributed by atoms with Crippen molar-refractivity contribution in [1.82, 2.24) is 29.9 Å². The molecule has 1 amide bonds. The lowest BCUT2D eigenvalue weighted by Gasteiger charge is -2.36. The minimum absolute atomic E-state index is 0.0119. The first-order chi connectivity index (χ1) is 17.3. The number of nitrogens with one attached hydrogen (secondary N) is 1. The molecule has 0 aliphatic carbocycles. The SMILES string of the molecule is COCCN1CCN(c2ccc(C(=O)NN(CC(C)(C)C)c3nc(C#N)nc4ccnn34)cc2)CC1. The molecule has 0 atom stereocenters. The Morgan fingerprint density at radius 3 is 2.50 bits per heavy atom. The molecule has 0 bridgehead atoms. The van der Waals surface area contributed by atoms with Crippen LogP contribution in [-0.2, 0) is 4.74 Å². The highest BCUT2D eigenvalue weighted by molar-refractivity contribution is 5.95. The number of hydrogen-bond donors (Lipinski definition) is 1. The smallest absolute Gasteiger partial charge is 0.269 e. The summed E-state index contributed by atoms with van der Waals surface area (Å²) in [5.74, 6) is 0.0678. The lowest BCUT2D eigenvalue weighted by Crippen LogP contribution is -2.48. The second kappa shape index (κ2) is 10.9. The number of fused-ring (bicyclic) bond motifs is 1. The predicted octanol–water partition coefficient (Wildman–Crippen LogP) is 1.96. The zero-order chi connectivity index (χ0) is 25.7. The van der Waals surface area contributed by atoms with Crippen LogP contribution < -0.4 is 15.3 Å². The van der Waals surface area contributed by atoms with Gasteiger partial charge in [0, 0.05) is 63.7 Å². The summed E-state index contributed by atoms with van der Waals surface area (Å²) in [6, 6.07) is 11.3. The summed E-state index contributed by atoms with van der Waals surface area (Å²) in [4.78, 5) is 26.5. The Labute approximate surface area is 211 Å². The second-order valence-corrected chi connectivity index (χ2v) is 10.0. The molecule has 190 valence electrons. The molecule has 0 radical (unpaired) electrons. The van der Waals surface area contributed by atoms with Crippen LogP contribution in [0.3, 0.4) is 0 Å². The van der Waals surface area contributed by atoms with Crippen molar-refractivity contribution in [1.29, 1.82) is 5.26 Å². The maximum absolute atomic E-state index is 13.3. The van der Waals surface area contributed by atoms with Gasteiger partial charge in [0.05, 0.1) is 12.8 Å². The second-order valence-electron chi connectivity index (χ2n) is 10.0. The molecule has 1 fully saturated rings.